The van der Waals surface area contributed by atoms with Crippen molar-refractivity contribution in [2.75, 3.05) is 0 Å². The van der Waals surface area contributed by atoms with E-state index in [2.05, 4.69) is 70.8 Å². The Morgan fingerprint density at radius 1 is 0.606 bits per heavy atom. The van der Waals surface area contributed by atoms with Crippen LogP contribution >= 0.6 is 0 Å². The molecule has 4 aromatic carbocycles. The van der Waals surface area contributed by atoms with Crippen LogP contribution in [0.25, 0.3) is 44.6 Å². The molecule has 0 amide bonds. The predicted molar refractivity (Wildman–Crippen MR) is 135 cm³/mol. The number of rotatable bonds is 4. The molecule has 0 aliphatic heterocycles. The Morgan fingerprint density at radius 2 is 1.27 bits per heavy atom. The van der Waals surface area contributed by atoms with Crippen molar-refractivity contribution in [3.8, 4) is 34.1 Å². The molecule has 0 aliphatic carbocycles. The second-order valence-corrected chi connectivity index (χ2v) is 8.29. The summed E-state index contributed by atoms with van der Waals surface area (Å²) in [6.45, 7) is 0. The maximum Gasteiger partial charge on any atom is 0.140 e. The highest BCUT2D eigenvalue weighted by Gasteiger charge is 2.12. The zero-order valence-corrected chi connectivity index (χ0v) is 18.6. The van der Waals surface area contributed by atoms with Crippen molar-refractivity contribution in [3.05, 3.63) is 103 Å². The maximum atomic E-state index is 6.28. The highest BCUT2D eigenvalue weighted by atomic mass is 16.5. The van der Waals surface area contributed by atoms with Gasteiger partial charge >= 0.3 is 0 Å². The SMILES string of the molecule is Cn1c(-c2cccc(Oc3cccc(-c4nc5ccccc5n4C)c3)c2)cc2ccccc21. The van der Waals surface area contributed by atoms with Crippen LogP contribution in [0.15, 0.2) is 103 Å². The zero-order chi connectivity index (χ0) is 22.4. The molecule has 0 fully saturated rings. The molecular formula is C29H23N3O. The zero-order valence-electron chi connectivity index (χ0n) is 18.6. The molecule has 0 atom stereocenters. The Hall–Kier alpha value is -4.31. The Morgan fingerprint density at radius 3 is 2.03 bits per heavy atom. The summed E-state index contributed by atoms with van der Waals surface area (Å²) < 4.78 is 10.6. The van der Waals surface area contributed by atoms with E-state index in [0.29, 0.717) is 0 Å². The van der Waals surface area contributed by atoms with Gasteiger partial charge < -0.3 is 13.9 Å². The summed E-state index contributed by atoms with van der Waals surface area (Å²) >= 11 is 0. The van der Waals surface area contributed by atoms with Gasteiger partial charge in [0.05, 0.1) is 11.0 Å². The molecule has 6 rings (SSSR count). The number of aryl methyl sites for hydroxylation is 2. The average Bonchev–Trinajstić information content (AvgIpc) is 3.37. The normalized spacial score (nSPS) is 11.3. The van der Waals surface area contributed by atoms with Crippen LogP contribution in [0.5, 0.6) is 11.5 Å². The minimum absolute atomic E-state index is 0.786. The maximum absolute atomic E-state index is 6.28. The van der Waals surface area contributed by atoms with Crippen molar-refractivity contribution in [3.63, 3.8) is 0 Å². The second-order valence-electron chi connectivity index (χ2n) is 8.29. The lowest BCUT2D eigenvalue weighted by atomic mass is 10.1. The molecule has 4 nitrogen and oxygen atoms in total. The molecule has 6 aromatic rings. The number of para-hydroxylation sites is 3. The predicted octanol–water partition coefficient (Wildman–Crippen LogP) is 7.19. The van der Waals surface area contributed by atoms with Crippen LogP contribution in [0, 0.1) is 0 Å². The first-order valence-corrected chi connectivity index (χ1v) is 11.0. The van der Waals surface area contributed by atoms with Gasteiger partial charge in [-0.3, -0.25) is 0 Å². The van der Waals surface area contributed by atoms with E-state index in [4.69, 9.17) is 9.72 Å². The molecule has 0 saturated carbocycles. The van der Waals surface area contributed by atoms with E-state index in [9.17, 15) is 0 Å². The number of benzene rings is 4. The average molecular weight is 430 g/mol. The summed E-state index contributed by atoms with van der Waals surface area (Å²) in [4.78, 5) is 4.82. The number of aromatic nitrogens is 3. The van der Waals surface area contributed by atoms with Crippen LogP contribution in [0.2, 0.25) is 0 Å². The summed E-state index contributed by atoms with van der Waals surface area (Å²) in [7, 11) is 4.15. The minimum atomic E-state index is 0.786. The van der Waals surface area contributed by atoms with Gasteiger partial charge in [0, 0.05) is 41.8 Å². The third-order valence-electron chi connectivity index (χ3n) is 6.20. The highest BCUT2D eigenvalue weighted by Crippen LogP contribution is 2.32. The molecule has 0 radical (unpaired) electrons. The van der Waals surface area contributed by atoms with E-state index >= 15 is 0 Å². The van der Waals surface area contributed by atoms with Crippen molar-refractivity contribution < 1.29 is 4.74 Å². The minimum Gasteiger partial charge on any atom is -0.457 e. The van der Waals surface area contributed by atoms with Crippen LogP contribution in [0.3, 0.4) is 0 Å². The number of ether oxygens (including phenoxy) is 1. The lowest BCUT2D eigenvalue weighted by Gasteiger charge is -2.10. The van der Waals surface area contributed by atoms with Crippen LogP contribution in [-0.2, 0) is 14.1 Å². The number of hydrogen-bond acceptors (Lipinski definition) is 2. The first-order chi connectivity index (χ1) is 16.2. The number of imidazole rings is 1. The third-order valence-corrected chi connectivity index (χ3v) is 6.20. The molecule has 2 aromatic heterocycles. The Kier molecular flexibility index (Phi) is 4.51. The first-order valence-electron chi connectivity index (χ1n) is 11.0. The fourth-order valence-electron chi connectivity index (χ4n) is 4.52. The Balaban J connectivity index is 1.34. The van der Waals surface area contributed by atoms with Crippen molar-refractivity contribution in [2.45, 2.75) is 0 Å². The van der Waals surface area contributed by atoms with Crippen molar-refractivity contribution in [1.29, 1.82) is 0 Å². The number of fused-ring (bicyclic) bond motifs is 2. The molecule has 0 saturated heterocycles. The lowest BCUT2D eigenvalue weighted by Crippen LogP contribution is -1.93. The van der Waals surface area contributed by atoms with E-state index < -0.39 is 0 Å². The van der Waals surface area contributed by atoms with Gasteiger partial charge in [-0.1, -0.05) is 54.6 Å². The third kappa shape index (κ3) is 3.37. The summed E-state index contributed by atoms with van der Waals surface area (Å²) in [6, 6.07) is 35.2. The second kappa shape index (κ2) is 7.68. The van der Waals surface area contributed by atoms with E-state index in [1.54, 1.807) is 0 Å². The largest absolute Gasteiger partial charge is 0.457 e. The van der Waals surface area contributed by atoms with E-state index in [-0.39, 0.29) is 0 Å². The van der Waals surface area contributed by atoms with Crippen LogP contribution in [0.4, 0.5) is 0 Å². The molecule has 0 N–H and O–H groups in total. The van der Waals surface area contributed by atoms with Gasteiger partial charge in [0.15, 0.2) is 0 Å². The lowest BCUT2D eigenvalue weighted by molar-refractivity contribution is 0.483. The molecule has 0 unspecified atom stereocenters. The molecule has 2 heterocycles. The molecule has 33 heavy (non-hydrogen) atoms. The quantitative estimate of drug-likeness (QED) is 0.297. The standard InChI is InChI=1S/C29H23N3O/c1-31-26-15-5-3-9-21(26)19-28(31)20-10-7-12-23(17-20)33-24-13-8-11-22(18-24)29-30-25-14-4-6-16-27(25)32(29)2/h3-19H,1-2H3. The molecular weight excluding hydrogens is 406 g/mol. The van der Waals surface area contributed by atoms with Crippen molar-refractivity contribution >= 4 is 21.9 Å². The number of hydrogen-bond donors (Lipinski definition) is 0. The topological polar surface area (TPSA) is 32.0 Å². The van der Waals surface area contributed by atoms with Gasteiger partial charge in [-0.15, -0.1) is 0 Å². The van der Waals surface area contributed by atoms with Crippen LogP contribution < -0.4 is 4.74 Å². The fraction of sp³-hybridized carbons (Fsp3) is 0.0690. The van der Waals surface area contributed by atoms with E-state index in [1.165, 1.54) is 10.9 Å². The summed E-state index contributed by atoms with van der Waals surface area (Å²) in [5.74, 6) is 2.51. The molecule has 0 spiro atoms. The van der Waals surface area contributed by atoms with Gasteiger partial charge in [-0.25, -0.2) is 4.98 Å². The first kappa shape index (κ1) is 19.4. The summed E-state index contributed by atoms with van der Waals surface area (Å²) in [5, 5.41) is 1.23. The van der Waals surface area contributed by atoms with Crippen LogP contribution in [-0.4, -0.2) is 14.1 Å². The Labute approximate surface area is 192 Å². The summed E-state index contributed by atoms with van der Waals surface area (Å²) in [5.41, 5.74) is 6.63. The Bertz CT molecular complexity index is 1500. The van der Waals surface area contributed by atoms with Gasteiger partial charge in [0.1, 0.15) is 17.3 Å². The van der Waals surface area contributed by atoms with E-state index in [0.717, 1.165) is 45.2 Å². The number of nitrogens with zero attached hydrogens (tertiary/aromatic N) is 3. The molecule has 160 valence electrons. The van der Waals surface area contributed by atoms with Gasteiger partial charge in [-0.05, 0) is 48.5 Å². The summed E-state index contributed by atoms with van der Waals surface area (Å²) in [6.07, 6.45) is 0. The van der Waals surface area contributed by atoms with E-state index in [1.807, 2.05) is 55.6 Å². The smallest absolute Gasteiger partial charge is 0.140 e. The van der Waals surface area contributed by atoms with Crippen LogP contribution in [0.1, 0.15) is 0 Å². The van der Waals surface area contributed by atoms with Gasteiger partial charge in [-0.2, -0.15) is 0 Å². The molecule has 4 heteroatoms. The molecule has 0 bridgehead atoms. The van der Waals surface area contributed by atoms with Crippen molar-refractivity contribution in [1.82, 2.24) is 14.1 Å². The molecule has 0 aliphatic rings. The highest BCUT2D eigenvalue weighted by molar-refractivity contribution is 5.87. The fourth-order valence-corrected chi connectivity index (χ4v) is 4.52. The van der Waals surface area contributed by atoms with Gasteiger partial charge in [0.2, 0.25) is 0 Å². The van der Waals surface area contributed by atoms with Crippen molar-refractivity contribution in [2.24, 2.45) is 14.1 Å². The monoisotopic (exact) mass is 429 g/mol. The van der Waals surface area contributed by atoms with Gasteiger partial charge in [0.25, 0.3) is 0 Å².